The van der Waals surface area contributed by atoms with E-state index in [0.29, 0.717) is 10.7 Å². The molecule has 2 aromatic rings. The summed E-state index contributed by atoms with van der Waals surface area (Å²) in [7, 11) is 0. The van der Waals surface area contributed by atoms with E-state index in [4.69, 9.17) is 4.84 Å². The predicted octanol–water partition coefficient (Wildman–Crippen LogP) is 2.40. The molecule has 1 amide bonds. The highest BCUT2D eigenvalue weighted by atomic mass is 32.1. The van der Waals surface area contributed by atoms with Crippen LogP contribution < -0.4 is 5.32 Å². The molecule has 1 aromatic heterocycles. The molecule has 0 saturated carbocycles. The number of nitrogens with zero attached hydrogens (tertiary/aromatic N) is 3. The first-order chi connectivity index (χ1) is 12.0. The van der Waals surface area contributed by atoms with Gasteiger partial charge in [0.15, 0.2) is 5.13 Å². The number of benzene rings is 1. The smallest absolute Gasteiger partial charge is 0.269 e. The number of Topliss-reactive ketones (excluding diaryl/α,β-unsaturated/α-hetero) is 1. The molecule has 0 aliphatic rings. The maximum absolute atomic E-state index is 12.0. The average molecular weight is 362 g/mol. The van der Waals surface area contributed by atoms with Crippen molar-refractivity contribution in [2.75, 3.05) is 5.32 Å². The number of carbonyl (C=O) groups excluding carboxylic acids is 2. The summed E-state index contributed by atoms with van der Waals surface area (Å²) in [5.74, 6) is -2.04. The number of nitrogens with one attached hydrogen (secondary N) is 1. The summed E-state index contributed by atoms with van der Waals surface area (Å²) in [5, 5.41) is 18.8. The Morgan fingerprint density at radius 2 is 2.16 bits per heavy atom. The summed E-state index contributed by atoms with van der Waals surface area (Å²) >= 11 is 1.23. The number of hydrogen-bond acceptors (Lipinski definition) is 8. The van der Waals surface area contributed by atoms with E-state index < -0.39 is 22.5 Å². The molecule has 0 bridgehead atoms. The van der Waals surface area contributed by atoms with E-state index in [-0.39, 0.29) is 12.3 Å². The number of amides is 1. The van der Waals surface area contributed by atoms with E-state index in [0.717, 1.165) is 6.21 Å². The number of aromatic nitrogens is 1. The van der Waals surface area contributed by atoms with Gasteiger partial charge in [-0.2, -0.15) is 0 Å². The molecule has 0 saturated heterocycles. The van der Waals surface area contributed by atoms with Crippen molar-refractivity contribution < 1.29 is 19.3 Å². The Kier molecular flexibility index (Phi) is 6.29. The van der Waals surface area contributed by atoms with Gasteiger partial charge in [-0.15, -0.1) is 11.3 Å². The largest absolute Gasteiger partial charge is 0.391 e. The minimum Gasteiger partial charge on any atom is -0.391 e. The van der Waals surface area contributed by atoms with Crippen LogP contribution in [0.1, 0.15) is 12.5 Å². The van der Waals surface area contributed by atoms with E-state index in [1.807, 2.05) is 0 Å². The number of nitro benzene ring substituents is 1. The van der Waals surface area contributed by atoms with Gasteiger partial charge in [0.1, 0.15) is 18.3 Å². The van der Waals surface area contributed by atoms with E-state index in [9.17, 15) is 19.7 Å². The number of nitro groups is 1. The van der Waals surface area contributed by atoms with Crippen LogP contribution in [0, 0.1) is 16.0 Å². The van der Waals surface area contributed by atoms with Gasteiger partial charge in [-0.1, -0.05) is 5.16 Å². The van der Waals surface area contributed by atoms with Gasteiger partial charge in [0.25, 0.3) is 5.69 Å². The van der Waals surface area contributed by atoms with Crippen LogP contribution in [0.2, 0.25) is 0 Å². The lowest BCUT2D eigenvalue weighted by Gasteiger charge is -2.07. The zero-order valence-corrected chi connectivity index (χ0v) is 13.9. The Morgan fingerprint density at radius 1 is 1.44 bits per heavy atom. The summed E-state index contributed by atoms with van der Waals surface area (Å²) in [6, 6.07) is 5.76. The number of non-ortho nitro benzene ring substituents is 1. The summed E-state index contributed by atoms with van der Waals surface area (Å²) < 4.78 is 0. The molecule has 2 rings (SSSR count). The van der Waals surface area contributed by atoms with Crippen LogP contribution in [0.3, 0.4) is 0 Å². The number of hydrogen-bond donors (Lipinski definition) is 1. The highest BCUT2D eigenvalue weighted by Gasteiger charge is 2.22. The number of carbonyl (C=O) groups is 2. The van der Waals surface area contributed by atoms with Crippen molar-refractivity contribution in [3.63, 3.8) is 0 Å². The van der Waals surface area contributed by atoms with Crippen LogP contribution in [0.25, 0.3) is 0 Å². The lowest BCUT2D eigenvalue weighted by molar-refractivity contribution is -0.384. The topological polar surface area (TPSA) is 124 Å². The molecule has 0 radical (unpaired) electrons. The minimum absolute atomic E-state index is 0.0252. The van der Waals surface area contributed by atoms with E-state index in [1.54, 1.807) is 5.38 Å². The molecule has 1 unspecified atom stereocenters. The summed E-state index contributed by atoms with van der Waals surface area (Å²) in [5.41, 5.74) is 0.636. The molecular weight excluding hydrogens is 348 g/mol. The van der Waals surface area contributed by atoms with Crippen LogP contribution in [-0.2, 0) is 21.0 Å². The maximum Gasteiger partial charge on any atom is 0.269 e. The molecule has 0 aliphatic heterocycles. The molecule has 0 spiro atoms. The molecule has 25 heavy (non-hydrogen) atoms. The van der Waals surface area contributed by atoms with Crippen LogP contribution in [0.15, 0.2) is 41.0 Å². The van der Waals surface area contributed by atoms with Gasteiger partial charge in [-0.3, -0.25) is 19.7 Å². The first-order valence-electron chi connectivity index (χ1n) is 7.07. The summed E-state index contributed by atoms with van der Waals surface area (Å²) in [6.45, 7) is 1.32. The number of rotatable bonds is 8. The van der Waals surface area contributed by atoms with Crippen molar-refractivity contribution in [3.8, 4) is 0 Å². The average Bonchev–Trinajstić information content (AvgIpc) is 3.07. The Balaban J connectivity index is 1.89. The van der Waals surface area contributed by atoms with Crippen molar-refractivity contribution in [2.45, 2.75) is 13.5 Å². The number of thiazole rings is 1. The molecule has 10 heteroatoms. The molecule has 9 nitrogen and oxygen atoms in total. The van der Waals surface area contributed by atoms with Gasteiger partial charge in [0.05, 0.1) is 11.1 Å². The molecule has 1 heterocycles. The molecule has 1 atom stereocenters. The van der Waals surface area contributed by atoms with Crippen molar-refractivity contribution in [1.82, 2.24) is 4.98 Å². The molecule has 1 N–H and O–H groups in total. The Labute approximate surface area is 146 Å². The number of ketones is 1. The SMILES string of the molecule is CC(=O)C(/C=N/OCc1ccc([N+](=O)[O-])cc1)C(=O)Nc1nccs1. The molecule has 0 aliphatic carbocycles. The van der Waals surface area contributed by atoms with Crippen molar-refractivity contribution in [3.05, 3.63) is 51.5 Å². The summed E-state index contributed by atoms with van der Waals surface area (Å²) in [6.07, 6.45) is 2.64. The highest BCUT2D eigenvalue weighted by molar-refractivity contribution is 7.13. The second-order valence-corrected chi connectivity index (χ2v) is 5.76. The Hall–Kier alpha value is -3.14. The number of oxime groups is 1. The van der Waals surface area contributed by atoms with Crippen LogP contribution in [0.5, 0.6) is 0 Å². The van der Waals surface area contributed by atoms with Crippen LogP contribution in [0.4, 0.5) is 10.8 Å². The second kappa shape index (κ2) is 8.64. The molecule has 1 aromatic carbocycles. The van der Waals surface area contributed by atoms with E-state index >= 15 is 0 Å². The van der Waals surface area contributed by atoms with Crippen LogP contribution >= 0.6 is 11.3 Å². The van der Waals surface area contributed by atoms with Gasteiger partial charge < -0.3 is 10.2 Å². The predicted molar refractivity (Wildman–Crippen MR) is 91.3 cm³/mol. The first-order valence-corrected chi connectivity index (χ1v) is 7.95. The lowest BCUT2D eigenvalue weighted by Crippen LogP contribution is -2.29. The monoisotopic (exact) mass is 362 g/mol. The highest BCUT2D eigenvalue weighted by Crippen LogP contribution is 2.13. The second-order valence-electron chi connectivity index (χ2n) is 4.87. The quantitative estimate of drug-likeness (QED) is 0.333. The third-order valence-electron chi connectivity index (χ3n) is 3.05. The minimum atomic E-state index is -1.10. The molecular formula is C15H14N4O5S. The fourth-order valence-electron chi connectivity index (χ4n) is 1.76. The van der Waals surface area contributed by atoms with E-state index in [2.05, 4.69) is 15.5 Å². The Morgan fingerprint density at radius 3 is 2.72 bits per heavy atom. The van der Waals surface area contributed by atoms with Gasteiger partial charge in [0, 0.05) is 23.7 Å². The fourth-order valence-corrected chi connectivity index (χ4v) is 2.29. The summed E-state index contributed by atoms with van der Waals surface area (Å²) in [4.78, 5) is 42.6. The first kappa shape index (κ1) is 18.2. The van der Waals surface area contributed by atoms with Gasteiger partial charge in [-0.05, 0) is 24.6 Å². The Bertz CT molecular complexity index is 774. The normalized spacial score (nSPS) is 11.9. The molecule has 0 fully saturated rings. The standard InChI is InChI=1S/C15H14N4O5S/c1-10(20)13(14(21)18-15-16-6-7-25-15)8-17-24-9-11-2-4-12(5-3-11)19(22)23/h2-8,13H,9H2,1H3,(H,16,18,21)/b17-8+. The zero-order chi connectivity index (χ0) is 18.2. The molecule has 130 valence electrons. The fraction of sp³-hybridized carbons (Fsp3) is 0.200. The zero-order valence-electron chi connectivity index (χ0n) is 13.1. The third kappa shape index (κ3) is 5.46. The third-order valence-corrected chi connectivity index (χ3v) is 3.73. The van der Waals surface area contributed by atoms with Gasteiger partial charge >= 0.3 is 0 Å². The van der Waals surface area contributed by atoms with Crippen molar-refractivity contribution in [2.24, 2.45) is 11.1 Å². The van der Waals surface area contributed by atoms with Gasteiger partial charge in [-0.25, -0.2) is 4.98 Å². The maximum atomic E-state index is 12.0. The van der Waals surface area contributed by atoms with Crippen LogP contribution in [-0.4, -0.2) is 27.8 Å². The van der Waals surface area contributed by atoms with Gasteiger partial charge in [0.2, 0.25) is 5.91 Å². The number of anilines is 1. The van der Waals surface area contributed by atoms with E-state index in [1.165, 1.54) is 48.7 Å². The van der Waals surface area contributed by atoms with Crippen molar-refractivity contribution in [1.29, 1.82) is 0 Å². The van der Waals surface area contributed by atoms with Crippen molar-refractivity contribution >= 4 is 40.1 Å². The lowest BCUT2D eigenvalue weighted by atomic mass is 10.1.